The number of rotatable bonds is 8. The normalized spacial score (nSPS) is 13.2. The van der Waals surface area contributed by atoms with Crippen molar-refractivity contribution in [3.8, 4) is 0 Å². The summed E-state index contributed by atoms with van der Waals surface area (Å²) in [5.41, 5.74) is 0. The van der Waals surface area contributed by atoms with E-state index in [2.05, 4.69) is 15.4 Å². The van der Waals surface area contributed by atoms with E-state index in [9.17, 15) is 14.4 Å². The molecule has 0 spiro atoms. The quantitative estimate of drug-likeness (QED) is 0.561. The van der Waals surface area contributed by atoms with E-state index in [1.54, 1.807) is 11.8 Å². The number of ether oxygens (including phenoxy) is 1. The first-order chi connectivity index (χ1) is 8.90. The molecule has 0 aromatic carbocycles. The topological polar surface area (TPSA) is 105 Å². The van der Waals surface area contributed by atoms with Crippen molar-refractivity contribution in [1.82, 2.24) is 10.6 Å². The van der Waals surface area contributed by atoms with Gasteiger partial charge in [-0.15, -0.1) is 0 Å². The zero-order chi connectivity index (χ0) is 14.8. The van der Waals surface area contributed by atoms with Crippen LogP contribution in [-0.4, -0.2) is 54.3 Å². The SMILES string of the molecule is COC(=O)CC[C@@H](NC(=O)NC(C)CSC)C(=O)O. The molecule has 0 heterocycles. The van der Waals surface area contributed by atoms with Crippen molar-refractivity contribution >= 4 is 29.7 Å². The summed E-state index contributed by atoms with van der Waals surface area (Å²) < 4.78 is 4.42. The van der Waals surface area contributed by atoms with Gasteiger partial charge in [0.2, 0.25) is 0 Å². The van der Waals surface area contributed by atoms with Crippen LogP contribution in [0.2, 0.25) is 0 Å². The van der Waals surface area contributed by atoms with Crippen LogP contribution in [0.3, 0.4) is 0 Å². The molecule has 2 atom stereocenters. The molecule has 0 bridgehead atoms. The van der Waals surface area contributed by atoms with Gasteiger partial charge in [0.1, 0.15) is 6.04 Å². The molecule has 19 heavy (non-hydrogen) atoms. The molecule has 0 aromatic rings. The molecule has 8 heteroatoms. The highest BCUT2D eigenvalue weighted by molar-refractivity contribution is 7.98. The second kappa shape index (κ2) is 9.48. The molecule has 0 fully saturated rings. The Bertz CT molecular complexity index is 324. The van der Waals surface area contributed by atoms with Crippen LogP contribution in [-0.2, 0) is 14.3 Å². The number of nitrogens with one attached hydrogen (secondary N) is 2. The Hall–Kier alpha value is -1.44. The Morgan fingerprint density at radius 1 is 1.32 bits per heavy atom. The molecule has 0 radical (unpaired) electrons. The molecule has 0 aliphatic rings. The van der Waals surface area contributed by atoms with E-state index >= 15 is 0 Å². The monoisotopic (exact) mass is 292 g/mol. The van der Waals surface area contributed by atoms with Crippen molar-refractivity contribution in [1.29, 1.82) is 0 Å². The summed E-state index contributed by atoms with van der Waals surface area (Å²) in [5, 5.41) is 13.9. The van der Waals surface area contributed by atoms with E-state index in [4.69, 9.17) is 5.11 Å². The van der Waals surface area contributed by atoms with E-state index in [0.717, 1.165) is 5.75 Å². The second-order valence-corrected chi connectivity index (χ2v) is 4.89. The third-order valence-electron chi connectivity index (χ3n) is 2.26. The maximum Gasteiger partial charge on any atom is 0.326 e. The first-order valence-electron chi connectivity index (χ1n) is 5.76. The number of carboxylic acid groups (broad SMARTS) is 1. The molecular formula is C11H20N2O5S. The van der Waals surface area contributed by atoms with Crippen LogP contribution in [0.4, 0.5) is 4.79 Å². The average molecular weight is 292 g/mol. The second-order valence-electron chi connectivity index (χ2n) is 3.98. The van der Waals surface area contributed by atoms with Crippen molar-refractivity contribution in [2.45, 2.75) is 31.8 Å². The molecule has 7 nitrogen and oxygen atoms in total. The number of urea groups is 1. The van der Waals surface area contributed by atoms with Gasteiger partial charge in [-0.3, -0.25) is 4.79 Å². The minimum Gasteiger partial charge on any atom is -0.480 e. The lowest BCUT2D eigenvalue weighted by Gasteiger charge is -2.17. The number of carboxylic acids is 1. The fraction of sp³-hybridized carbons (Fsp3) is 0.727. The number of carbonyl (C=O) groups excluding carboxylic acids is 2. The Labute approximate surface area is 116 Å². The minimum atomic E-state index is -1.18. The van der Waals surface area contributed by atoms with Gasteiger partial charge in [-0.1, -0.05) is 0 Å². The third kappa shape index (κ3) is 8.30. The maximum absolute atomic E-state index is 11.5. The molecule has 0 rings (SSSR count). The van der Waals surface area contributed by atoms with Crippen LogP contribution < -0.4 is 10.6 Å². The van der Waals surface area contributed by atoms with Crippen molar-refractivity contribution in [3.05, 3.63) is 0 Å². The lowest BCUT2D eigenvalue weighted by atomic mass is 10.1. The largest absolute Gasteiger partial charge is 0.480 e. The molecule has 110 valence electrons. The van der Waals surface area contributed by atoms with Crippen LogP contribution in [0.1, 0.15) is 19.8 Å². The molecule has 3 N–H and O–H groups in total. The van der Waals surface area contributed by atoms with Gasteiger partial charge in [0.25, 0.3) is 0 Å². The summed E-state index contributed by atoms with van der Waals surface area (Å²) >= 11 is 1.57. The Balaban J connectivity index is 4.22. The first-order valence-corrected chi connectivity index (χ1v) is 7.15. The van der Waals surface area contributed by atoms with Crippen LogP contribution in [0, 0.1) is 0 Å². The van der Waals surface area contributed by atoms with E-state index in [0.29, 0.717) is 0 Å². The molecule has 0 aliphatic carbocycles. The molecule has 0 aliphatic heterocycles. The van der Waals surface area contributed by atoms with E-state index in [1.807, 2.05) is 13.2 Å². The van der Waals surface area contributed by atoms with Gasteiger partial charge in [0, 0.05) is 18.2 Å². The summed E-state index contributed by atoms with van der Waals surface area (Å²) in [4.78, 5) is 33.4. The zero-order valence-electron chi connectivity index (χ0n) is 11.3. The molecule has 1 unspecified atom stereocenters. The molecule has 0 saturated heterocycles. The van der Waals surface area contributed by atoms with Crippen molar-refractivity contribution in [2.75, 3.05) is 19.1 Å². The number of hydrogen-bond acceptors (Lipinski definition) is 5. The lowest BCUT2D eigenvalue weighted by Crippen LogP contribution is -2.49. The van der Waals surface area contributed by atoms with Crippen molar-refractivity contribution in [3.63, 3.8) is 0 Å². The molecular weight excluding hydrogens is 272 g/mol. The highest BCUT2D eigenvalue weighted by Crippen LogP contribution is 2.00. The van der Waals surface area contributed by atoms with Crippen LogP contribution in [0.25, 0.3) is 0 Å². The maximum atomic E-state index is 11.5. The lowest BCUT2D eigenvalue weighted by molar-refractivity contribution is -0.142. The summed E-state index contributed by atoms with van der Waals surface area (Å²) in [6.45, 7) is 1.82. The number of aliphatic carboxylic acids is 1. The van der Waals surface area contributed by atoms with Gasteiger partial charge >= 0.3 is 18.0 Å². The number of carbonyl (C=O) groups is 3. The van der Waals surface area contributed by atoms with Gasteiger partial charge in [0.05, 0.1) is 7.11 Å². The Morgan fingerprint density at radius 2 is 1.95 bits per heavy atom. The van der Waals surface area contributed by atoms with Crippen LogP contribution in [0.5, 0.6) is 0 Å². The molecule has 0 aromatic heterocycles. The zero-order valence-corrected chi connectivity index (χ0v) is 12.1. The first kappa shape index (κ1) is 17.6. The minimum absolute atomic E-state index is 0.00760. The smallest absolute Gasteiger partial charge is 0.326 e. The van der Waals surface area contributed by atoms with Gasteiger partial charge in [0.15, 0.2) is 0 Å². The number of esters is 1. The standard InChI is InChI=1S/C11H20N2O5S/c1-7(6-19-3)12-11(17)13-8(10(15)16)4-5-9(14)18-2/h7-8H,4-6H2,1-3H3,(H,15,16)(H2,12,13,17)/t7?,8-/m1/s1. The predicted octanol–water partition coefficient (Wildman–Crippen LogP) is 0.444. The van der Waals surface area contributed by atoms with E-state index in [1.165, 1.54) is 7.11 Å². The van der Waals surface area contributed by atoms with Crippen molar-refractivity contribution < 1.29 is 24.2 Å². The summed E-state index contributed by atoms with van der Waals surface area (Å²) in [6, 6.07) is -1.73. The molecule has 0 saturated carbocycles. The average Bonchev–Trinajstić information content (AvgIpc) is 2.33. The summed E-state index contributed by atoms with van der Waals surface area (Å²) in [7, 11) is 1.22. The van der Waals surface area contributed by atoms with Crippen LogP contribution >= 0.6 is 11.8 Å². The van der Waals surface area contributed by atoms with Gasteiger partial charge in [-0.25, -0.2) is 9.59 Å². The van der Waals surface area contributed by atoms with E-state index in [-0.39, 0.29) is 18.9 Å². The van der Waals surface area contributed by atoms with E-state index < -0.39 is 24.0 Å². The predicted molar refractivity (Wildman–Crippen MR) is 72.2 cm³/mol. The Morgan fingerprint density at radius 3 is 2.42 bits per heavy atom. The number of hydrogen-bond donors (Lipinski definition) is 3. The fourth-order valence-electron chi connectivity index (χ4n) is 1.34. The number of amides is 2. The highest BCUT2D eigenvalue weighted by atomic mass is 32.2. The van der Waals surface area contributed by atoms with Crippen molar-refractivity contribution in [2.24, 2.45) is 0 Å². The fourth-order valence-corrected chi connectivity index (χ4v) is 1.92. The summed E-state index contributed by atoms with van der Waals surface area (Å²) in [5.74, 6) is -0.964. The highest BCUT2D eigenvalue weighted by Gasteiger charge is 2.21. The number of thioether (sulfide) groups is 1. The van der Waals surface area contributed by atoms with Gasteiger partial charge in [-0.2, -0.15) is 11.8 Å². The number of methoxy groups -OCH3 is 1. The van der Waals surface area contributed by atoms with Crippen LogP contribution in [0.15, 0.2) is 0 Å². The van der Waals surface area contributed by atoms with Gasteiger partial charge in [-0.05, 0) is 19.6 Å². The van der Waals surface area contributed by atoms with Gasteiger partial charge < -0.3 is 20.5 Å². The third-order valence-corrected chi connectivity index (χ3v) is 3.10. The Kier molecular flexibility index (Phi) is 8.77. The molecule has 2 amide bonds. The summed E-state index contributed by atoms with van der Waals surface area (Å²) in [6.07, 6.45) is 1.84.